The fraction of sp³-hybridized carbons (Fsp3) is 0.409. The molecule has 1 N–H and O–H groups in total. The van der Waals surface area contributed by atoms with Gasteiger partial charge in [-0.1, -0.05) is 18.2 Å². The molecule has 146 valence electrons. The molecule has 28 heavy (non-hydrogen) atoms. The Morgan fingerprint density at radius 3 is 2.68 bits per heavy atom. The van der Waals surface area contributed by atoms with Gasteiger partial charge in [0, 0.05) is 43.1 Å². The second-order valence-electron chi connectivity index (χ2n) is 7.79. The van der Waals surface area contributed by atoms with Crippen LogP contribution >= 0.6 is 11.3 Å². The minimum Gasteiger partial charge on any atom is -0.336 e. The van der Waals surface area contributed by atoms with E-state index in [1.165, 1.54) is 35.0 Å². The van der Waals surface area contributed by atoms with E-state index in [1.54, 1.807) is 11.3 Å². The Morgan fingerprint density at radius 2 is 1.93 bits per heavy atom. The van der Waals surface area contributed by atoms with Gasteiger partial charge in [0.15, 0.2) is 0 Å². The van der Waals surface area contributed by atoms with Crippen molar-refractivity contribution >= 4 is 28.3 Å². The summed E-state index contributed by atoms with van der Waals surface area (Å²) in [7, 11) is 0. The number of carbonyl (C=O) groups excluding carboxylic acids is 1. The molecule has 0 atom stereocenters. The number of aromatic nitrogens is 1. The van der Waals surface area contributed by atoms with E-state index in [0.717, 1.165) is 39.3 Å². The Morgan fingerprint density at radius 1 is 1.07 bits per heavy atom. The van der Waals surface area contributed by atoms with Crippen LogP contribution < -0.4 is 5.32 Å². The van der Waals surface area contributed by atoms with Gasteiger partial charge in [-0.2, -0.15) is 11.3 Å². The van der Waals surface area contributed by atoms with Gasteiger partial charge in [0.1, 0.15) is 0 Å². The molecule has 0 aliphatic carbocycles. The molecular formula is C22H26N4OS. The summed E-state index contributed by atoms with van der Waals surface area (Å²) in [6, 6.07) is 11.1. The van der Waals surface area contributed by atoms with Crippen LogP contribution in [0.3, 0.4) is 0 Å². The Hall–Kier alpha value is -2.31. The highest BCUT2D eigenvalue weighted by atomic mass is 32.1. The number of hydrogen-bond acceptors (Lipinski definition) is 3. The Labute approximate surface area is 169 Å². The molecule has 0 radical (unpaired) electrons. The molecule has 6 heteroatoms. The molecule has 2 fully saturated rings. The fourth-order valence-corrected chi connectivity index (χ4v) is 5.22. The molecule has 4 heterocycles. The molecular weight excluding hydrogens is 368 g/mol. The third-order valence-corrected chi connectivity index (χ3v) is 6.86. The summed E-state index contributed by atoms with van der Waals surface area (Å²) in [4.78, 5) is 16.1. The molecule has 1 aromatic carbocycles. The van der Waals surface area contributed by atoms with E-state index in [9.17, 15) is 4.79 Å². The topological polar surface area (TPSA) is 40.5 Å². The lowest BCUT2D eigenvalue weighted by atomic mass is 9.89. The van der Waals surface area contributed by atoms with Crippen molar-refractivity contribution < 1.29 is 4.79 Å². The lowest BCUT2D eigenvalue weighted by Crippen LogP contribution is -2.40. The molecule has 2 aromatic heterocycles. The largest absolute Gasteiger partial charge is 0.336 e. The number of nitrogens with one attached hydrogen (secondary N) is 1. The van der Waals surface area contributed by atoms with Crippen molar-refractivity contribution in [2.24, 2.45) is 0 Å². The molecule has 3 aromatic rings. The van der Waals surface area contributed by atoms with Crippen LogP contribution in [-0.2, 0) is 0 Å². The summed E-state index contributed by atoms with van der Waals surface area (Å²) < 4.78 is 2.35. The van der Waals surface area contributed by atoms with Gasteiger partial charge < -0.3 is 19.7 Å². The van der Waals surface area contributed by atoms with Crippen LogP contribution in [0.2, 0.25) is 0 Å². The first-order valence-corrected chi connectivity index (χ1v) is 11.1. The van der Waals surface area contributed by atoms with Gasteiger partial charge in [-0.3, -0.25) is 0 Å². The predicted molar refractivity (Wildman–Crippen MR) is 115 cm³/mol. The number of thiophene rings is 1. The summed E-state index contributed by atoms with van der Waals surface area (Å²) in [6.45, 7) is 5.67. The van der Waals surface area contributed by atoms with Crippen LogP contribution in [0.25, 0.3) is 16.6 Å². The monoisotopic (exact) mass is 394 g/mol. The van der Waals surface area contributed by atoms with Gasteiger partial charge in [0.2, 0.25) is 0 Å². The van der Waals surface area contributed by atoms with Crippen LogP contribution in [0.5, 0.6) is 0 Å². The van der Waals surface area contributed by atoms with Crippen molar-refractivity contribution in [1.29, 1.82) is 0 Å². The normalized spacial score (nSPS) is 18.9. The zero-order chi connectivity index (χ0) is 18.9. The number of carbonyl (C=O) groups is 1. The standard InChI is InChI=1S/C22H26N4OS/c27-22-23-8-11-25(22)13-12-24-9-5-17(6-10-24)20-15-26(18-7-14-28-16-18)21-4-2-1-3-19(20)21/h1-4,7,14-17H,5-6,8-13H2,(H,23,27). The van der Waals surface area contributed by atoms with E-state index in [-0.39, 0.29) is 6.03 Å². The van der Waals surface area contributed by atoms with Crippen LogP contribution in [-0.4, -0.2) is 59.7 Å². The van der Waals surface area contributed by atoms with Gasteiger partial charge >= 0.3 is 6.03 Å². The van der Waals surface area contributed by atoms with E-state index in [1.807, 2.05) is 4.90 Å². The van der Waals surface area contributed by atoms with Crippen molar-refractivity contribution in [3.05, 3.63) is 52.9 Å². The van der Waals surface area contributed by atoms with E-state index in [0.29, 0.717) is 5.92 Å². The molecule has 0 saturated carbocycles. The number of likely N-dealkylation sites (tertiary alicyclic amines) is 1. The van der Waals surface area contributed by atoms with Crippen LogP contribution in [0.15, 0.2) is 47.3 Å². The summed E-state index contributed by atoms with van der Waals surface area (Å²) in [5.74, 6) is 0.608. The fourth-order valence-electron chi connectivity index (χ4n) is 4.59. The van der Waals surface area contributed by atoms with Crippen LogP contribution in [0, 0.1) is 0 Å². The third-order valence-electron chi connectivity index (χ3n) is 6.19. The second kappa shape index (κ2) is 7.60. The molecule has 5 nitrogen and oxygen atoms in total. The molecule has 2 saturated heterocycles. The number of urea groups is 1. The first-order chi connectivity index (χ1) is 13.8. The average molecular weight is 395 g/mol. The summed E-state index contributed by atoms with van der Waals surface area (Å²) in [5.41, 5.74) is 4.05. The van der Waals surface area contributed by atoms with Gasteiger partial charge in [0.05, 0.1) is 11.2 Å². The van der Waals surface area contributed by atoms with Crippen molar-refractivity contribution in [3.63, 3.8) is 0 Å². The highest BCUT2D eigenvalue weighted by Gasteiger charge is 2.25. The maximum absolute atomic E-state index is 11.7. The van der Waals surface area contributed by atoms with Crippen LogP contribution in [0.1, 0.15) is 24.3 Å². The van der Waals surface area contributed by atoms with Gasteiger partial charge in [-0.25, -0.2) is 4.79 Å². The zero-order valence-corrected chi connectivity index (χ0v) is 16.8. The molecule has 2 amide bonds. The van der Waals surface area contributed by atoms with Crippen molar-refractivity contribution in [2.75, 3.05) is 39.3 Å². The zero-order valence-electron chi connectivity index (χ0n) is 16.0. The Balaban J connectivity index is 1.29. The third kappa shape index (κ3) is 3.31. The Kier molecular flexibility index (Phi) is 4.82. The molecule has 0 spiro atoms. The highest BCUT2D eigenvalue weighted by Crippen LogP contribution is 2.35. The first kappa shape index (κ1) is 17.8. The van der Waals surface area contributed by atoms with Crippen molar-refractivity contribution in [3.8, 4) is 5.69 Å². The number of para-hydroxylation sites is 1. The summed E-state index contributed by atoms with van der Waals surface area (Å²) in [5, 5.41) is 8.63. The van der Waals surface area contributed by atoms with E-state index < -0.39 is 0 Å². The van der Waals surface area contributed by atoms with E-state index in [4.69, 9.17) is 0 Å². The summed E-state index contributed by atoms with van der Waals surface area (Å²) >= 11 is 1.74. The smallest absolute Gasteiger partial charge is 0.317 e. The number of nitrogens with zero attached hydrogens (tertiary/aromatic N) is 3. The minimum absolute atomic E-state index is 0.0936. The number of fused-ring (bicyclic) bond motifs is 1. The predicted octanol–water partition coefficient (Wildman–Crippen LogP) is 3.90. The quantitative estimate of drug-likeness (QED) is 0.713. The number of piperidine rings is 1. The number of rotatable bonds is 5. The van der Waals surface area contributed by atoms with Gasteiger partial charge in [-0.15, -0.1) is 0 Å². The van der Waals surface area contributed by atoms with E-state index in [2.05, 4.69) is 62.1 Å². The number of benzene rings is 1. The van der Waals surface area contributed by atoms with Gasteiger partial charge in [-0.05, 0) is 54.9 Å². The number of amides is 2. The lowest BCUT2D eigenvalue weighted by Gasteiger charge is -2.32. The van der Waals surface area contributed by atoms with Gasteiger partial charge in [0.25, 0.3) is 0 Å². The molecule has 5 rings (SSSR count). The maximum Gasteiger partial charge on any atom is 0.317 e. The van der Waals surface area contributed by atoms with Crippen molar-refractivity contribution in [1.82, 2.24) is 19.7 Å². The second-order valence-corrected chi connectivity index (χ2v) is 8.57. The average Bonchev–Trinajstić information content (AvgIpc) is 3.47. The summed E-state index contributed by atoms with van der Waals surface area (Å²) in [6.07, 6.45) is 4.73. The SMILES string of the molecule is O=C1NCCN1CCN1CCC(c2cn(-c3ccsc3)c3ccccc23)CC1. The van der Waals surface area contributed by atoms with E-state index >= 15 is 0 Å². The van der Waals surface area contributed by atoms with Crippen molar-refractivity contribution in [2.45, 2.75) is 18.8 Å². The molecule has 0 bridgehead atoms. The number of hydrogen-bond donors (Lipinski definition) is 1. The molecule has 0 unspecified atom stereocenters. The Bertz CT molecular complexity index is 956. The highest BCUT2D eigenvalue weighted by molar-refractivity contribution is 7.08. The maximum atomic E-state index is 11.7. The minimum atomic E-state index is 0.0936. The molecule has 2 aliphatic rings. The first-order valence-electron chi connectivity index (χ1n) is 10.2. The molecule has 2 aliphatic heterocycles. The van der Waals surface area contributed by atoms with Crippen LogP contribution in [0.4, 0.5) is 4.79 Å². The lowest BCUT2D eigenvalue weighted by molar-refractivity contribution is 0.181.